The van der Waals surface area contributed by atoms with Gasteiger partial charge in [0.15, 0.2) is 0 Å². The third-order valence-corrected chi connectivity index (χ3v) is 8.73. The molecule has 0 aromatic rings. The van der Waals surface area contributed by atoms with Crippen molar-refractivity contribution < 1.29 is 168 Å². The van der Waals surface area contributed by atoms with E-state index in [0.717, 1.165) is 0 Å². The molecule has 25 heteroatoms. The molecule has 2 unspecified atom stereocenters. The Morgan fingerprint density at radius 2 is 0.655 bits per heavy atom. The van der Waals surface area contributed by atoms with Crippen molar-refractivity contribution >= 4 is 35.8 Å². The minimum Gasteiger partial charge on any atom is -0.851 e. The monoisotopic (exact) mass is 1280 g/mol. The van der Waals surface area contributed by atoms with E-state index in [1.54, 1.807) is 0 Å². The average Bonchev–Trinajstić information content (AvgIpc) is 3.03. The Morgan fingerprint density at radius 3 is 0.945 bits per heavy atom. The molecule has 0 aromatic carbocycles. The molecule has 0 amide bonds. The Labute approximate surface area is 372 Å². The molecular weight excluding hydrogens is 1240 g/mol. The minimum atomic E-state index is -1.81. The number of hydrogen-bond donors (Lipinski definition) is 4. The van der Waals surface area contributed by atoms with E-state index in [0.29, 0.717) is 0 Å². The Bertz CT molecular complexity index is 1040. The second kappa shape index (κ2) is 30.1. The number of carboxylic acid groups (broad SMARTS) is 6. The normalized spacial score (nSPS) is 29.8. The smallest absolute Gasteiger partial charge is 0.851 e. The van der Waals surface area contributed by atoms with Crippen molar-refractivity contribution in [3.8, 4) is 0 Å². The molecule has 2 aliphatic carbocycles. The summed E-state index contributed by atoms with van der Waals surface area (Å²) in [5, 5.41) is 148. The van der Waals surface area contributed by atoms with Crippen molar-refractivity contribution in [1.29, 1.82) is 0 Å². The standard InChI is InChI=1S/2C15H23N2O9.3Hf/c18-8(19)2-1-7-13(24)11(16-5-3-9(20)21)15(26)12(14(7)25)17-6-4-10(22)23;18-8(19)3-1-2-7-13(24)11(16-5-4-9(20)21)15(26)12(14(7)25)17-6-10(22)23;;;/h2*7,11-17H,1-6H2,(H,18,19)(H,20,21)(H,22,23);;;/q2*-3;3*+4/p-6/t7?,11-,12+,13-,14+,15?;7-,11+,12-,13+,14-,15+;;;/m.1.../s1. The van der Waals surface area contributed by atoms with Crippen molar-refractivity contribution in [2.45, 2.75) is 112 Å². The maximum atomic E-state index is 12.5. The first-order valence-corrected chi connectivity index (χ1v) is 16.4. The van der Waals surface area contributed by atoms with Crippen LogP contribution in [0.15, 0.2) is 0 Å². The van der Waals surface area contributed by atoms with E-state index in [-0.39, 0.29) is 123 Å². The maximum absolute atomic E-state index is 12.5. The second-order valence-electron chi connectivity index (χ2n) is 12.4. The van der Waals surface area contributed by atoms with Crippen molar-refractivity contribution in [3.63, 3.8) is 0 Å². The van der Waals surface area contributed by atoms with Crippen LogP contribution in [0.4, 0.5) is 0 Å². The van der Waals surface area contributed by atoms with Crippen LogP contribution >= 0.6 is 0 Å². The molecule has 0 bridgehead atoms. The van der Waals surface area contributed by atoms with E-state index >= 15 is 0 Å². The summed E-state index contributed by atoms with van der Waals surface area (Å²) in [7, 11) is 0. The summed E-state index contributed by atoms with van der Waals surface area (Å²) in [5.74, 6) is -10.9. The van der Waals surface area contributed by atoms with Crippen molar-refractivity contribution in [2.75, 3.05) is 26.2 Å². The number of nitrogens with one attached hydrogen (secondary N) is 4. The van der Waals surface area contributed by atoms with Gasteiger partial charge >= 0.3 is 77.5 Å². The third kappa shape index (κ3) is 21.0. The molecule has 2 fully saturated rings. The van der Waals surface area contributed by atoms with Crippen LogP contribution in [0.2, 0.25) is 0 Å². The Hall–Kier alpha value is -0.970. The van der Waals surface area contributed by atoms with Gasteiger partial charge in [-0.25, -0.2) is 0 Å². The minimum absolute atomic E-state index is 0. The molecule has 2 aliphatic rings. The van der Waals surface area contributed by atoms with E-state index in [9.17, 15) is 90.0 Å². The fourth-order valence-electron chi connectivity index (χ4n) is 6.21. The number of carboxylic acids is 6. The summed E-state index contributed by atoms with van der Waals surface area (Å²) in [6.45, 7) is -1.45. The molecule has 0 radical (unpaired) electrons. The van der Waals surface area contributed by atoms with E-state index in [2.05, 4.69) is 21.3 Å². The fourth-order valence-corrected chi connectivity index (χ4v) is 6.21. The van der Waals surface area contributed by atoms with Gasteiger partial charge in [0, 0.05) is 56.0 Å². The summed E-state index contributed by atoms with van der Waals surface area (Å²) >= 11 is 0. The Kier molecular flexibility index (Phi) is 32.0. The fraction of sp³-hybridized carbons (Fsp3) is 0.800. The SMILES string of the molecule is O=C([O-])CCC[C@H]1[C@@H]([O-])[C@@H](NCC(=O)[O-])[C@@H]([O-])[C@@H](NCCC(=O)[O-])[C@H]1[O-].O=C([O-])CCN[C@@H]1C([O-])[C@H](NCCC(=O)[O-])[C@H]([O-])C(CCC(=O)[O-])[C@@H]1[O-].[Hf+4].[Hf+4].[Hf+4]. The summed E-state index contributed by atoms with van der Waals surface area (Å²) < 4.78 is 0. The van der Waals surface area contributed by atoms with E-state index in [1.165, 1.54) is 0 Å². The summed E-state index contributed by atoms with van der Waals surface area (Å²) in [4.78, 5) is 63.1. The van der Waals surface area contributed by atoms with Gasteiger partial charge in [-0.1, -0.05) is 30.5 Å². The maximum Gasteiger partial charge on any atom is 4.00 e. The van der Waals surface area contributed by atoms with Gasteiger partial charge in [0.05, 0.1) is 5.97 Å². The molecular formula is C30H40Hf3N4O18. The molecule has 2 rings (SSSR count). The van der Waals surface area contributed by atoms with Gasteiger partial charge in [-0.15, -0.1) is 24.4 Å². The second-order valence-corrected chi connectivity index (χ2v) is 12.4. The van der Waals surface area contributed by atoms with Crippen LogP contribution in [-0.4, -0.2) is 123 Å². The molecule has 300 valence electrons. The molecule has 0 aromatic heterocycles. The Balaban J connectivity index is -0.000000932. The molecule has 4 N–H and O–H groups in total. The predicted molar refractivity (Wildman–Crippen MR) is 144 cm³/mol. The number of hydrogen-bond acceptors (Lipinski definition) is 22. The van der Waals surface area contributed by atoms with Crippen LogP contribution in [0.1, 0.15) is 51.4 Å². The zero-order valence-corrected chi connectivity index (χ0v) is 40.0. The van der Waals surface area contributed by atoms with Crippen molar-refractivity contribution in [1.82, 2.24) is 21.3 Å². The van der Waals surface area contributed by atoms with Gasteiger partial charge in [-0.2, -0.15) is 0 Å². The summed E-state index contributed by atoms with van der Waals surface area (Å²) in [5.41, 5.74) is 0. The molecule has 55 heavy (non-hydrogen) atoms. The van der Waals surface area contributed by atoms with Crippen LogP contribution < -0.4 is 82.5 Å². The van der Waals surface area contributed by atoms with Gasteiger partial charge in [0.1, 0.15) is 0 Å². The van der Waals surface area contributed by atoms with Gasteiger partial charge < -0.3 is 111 Å². The van der Waals surface area contributed by atoms with E-state index < -0.39 is 141 Å². The molecule has 0 spiro atoms. The molecule has 0 saturated heterocycles. The van der Waals surface area contributed by atoms with Crippen LogP contribution in [-0.2, 0) is 106 Å². The molecule has 0 aliphatic heterocycles. The number of rotatable bonds is 22. The zero-order valence-electron chi connectivity index (χ0n) is 29.3. The zero-order chi connectivity index (χ0) is 39.7. The first-order chi connectivity index (χ1) is 24.3. The quantitative estimate of drug-likeness (QED) is 0.0731. The first-order valence-electron chi connectivity index (χ1n) is 16.4. The van der Waals surface area contributed by atoms with Crippen molar-refractivity contribution in [3.05, 3.63) is 0 Å². The van der Waals surface area contributed by atoms with Gasteiger partial charge in [0.25, 0.3) is 0 Å². The largest absolute Gasteiger partial charge is 4.00 e. The average molecular weight is 1280 g/mol. The third-order valence-electron chi connectivity index (χ3n) is 8.73. The number of carbonyl (C=O) groups excluding carboxylic acids is 6. The summed E-state index contributed by atoms with van der Waals surface area (Å²) in [6, 6.07) is -5.39. The van der Waals surface area contributed by atoms with E-state index in [1.807, 2.05) is 0 Å². The topological polar surface area (TPSA) is 427 Å². The molecule has 2 saturated carbocycles. The predicted octanol–water partition coefficient (Wildman–Crippen LogP) is -16.9. The van der Waals surface area contributed by atoms with Crippen molar-refractivity contribution in [2.24, 2.45) is 11.8 Å². The van der Waals surface area contributed by atoms with Crippen LogP contribution in [0.3, 0.4) is 0 Å². The van der Waals surface area contributed by atoms with Crippen LogP contribution in [0.25, 0.3) is 0 Å². The Morgan fingerprint density at radius 1 is 0.364 bits per heavy atom. The van der Waals surface area contributed by atoms with Crippen LogP contribution in [0.5, 0.6) is 0 Å². The van der Waals surface area contributed by atoms with Gasteiger partial charge in [0.2, 0.25) is 0 Å². The van der Waals surface area contributed by atoms with E-state index in [4.69, 9.17) is 0 Å². The van der Waals surface area contributed by atoms with Gasteiger partial charge in [-0.05, 0) is 69.1 Å². The number of carbonyl (C=O) groups is 6. The van der Waals surface area contributed by atoms with Gasteiger partial charge in [-0.3, -0.25) is 0 Å². The molecule has 0 heterocycles. The first kappa shape index (κ1) is 58.3. The summed E-state index contributed by atoms with van der Waals surface area (Å²) in [6.07, 6.45) is -13.1. The molecule has 12 atom stereocenters. The molecule has 22 nitrogen and oxygen atoms in total. The number of aliphatic carboxylic acids is 6. The van der Waals surface area contributed by atoms with Crippen LogP contribution in [0, 0.1) is 11.8 Å².